The van der Waals surface area contributed by atoms with E-state index in [4.69, 9.17) is 0 Å². The van der Waals surface area contributed by atoms with Gasteiger partial charge in [-0.05, 0) is 38.9 Å². The molecule has 0 nitrogen and oxygen atoms in total. The van der Waals surface area contributed by atoms with Gasteiger partial charge in [-0.1, -0.05) is 39.0 Å². The number of thiophene rings is 1. The minimum absolute atomic E-state index is 0.292. The minimum Gasteiger partial charge on any atom is -0.151 e. The molecule has 2 aromatic rings. The van der Waals surface area contributed by atoms with E-state index < -0.39 is 0 Å². The lowest BCUT2D eigenvalue weighted by Crippen LogP contribution is -2.15. The molecule has 1 heteroatoms. The average Bonchev–Trinajstić information content (AvgIpc) is 2.64. The van der Waals surface area contributed by atoms with E-state index in [0.29, 0.717) is 5.41 Å². The Balaban J connectivity index is 2.67. The Morgan fingerprint density at radius 2 is 2.00 bits per heavy atom. The number of hydrogen-bond donors (Lipinski definition) is 0. The molecule has 14 heavy (non-hydrogen) atoms. The van der Waals surface area contributed by atoms with Crippen molar-refractivity contribution in [2.75, 3.05) is 0 Å². The molecule has 0 N–H and O–H groups in total. The Morgan fingerprint density at radius 1 is 1.21 bits per heavy atom. The van der Waals surface area contributed by atoms with Crippen LogP contribution in [-0.2, 0) is 5.41 Å². The average molecular weight is 204 g/mol. The SMILES string of the molecule is CCC(C)(C)c1cccc2cscc12. The van der Waals surface area contributed by atoms with E-state index in [1.54, 1.807) is 11.3 Å². The smallest absolute Gasteiger partial charge is 0.00115 e. The zero-order chi connectivity index (χ0) is 10.2. The molecule has 2 rings (SSSR count). The summed E-state index contributed by atoms with van der Waals surface area (Å²) in [7, 11) is 0. The fourth-order valence-electron chi connectivity index (χ4n) is 1.77. The summed E-state index contributed by atoms with van der Waals surface area (Å²) in [4.78, 5) is 0. The van der Waals surface area contributed by atoms with Crippen molar-refractivity contribution in [2.45, 2.75) is 32.6 Å². The Kier molecular flexibility index (Phi) is 2.36. The maximum Gasteiger partial charge on any atom is -0.00115 e. The van der Waals surface area contributed by atoms with Crippen LogP contribution in [0.3, 0.4) is 0 Å². The topological polar surface area (TPSA) is 0 Å². The van der Waals surface area contributed by atoms with Gasteiger partial charge in [0.1, 0.15) is 0 Å². The van der Waals surface area contributed by atoms with E-state index in [9.17, 15) is 0 Å². The van der Waals surface area contributed by atoms with Gasteiger partial charge in [0.15, 0.2) is 0 Å². The summed E-state index contributed by atoms with van der Waals surface area (Å²) in [6.07, 6.45) is 1.18. The highest BCUT2D eigenvalue weighted by Gasteiger charge is 2.20. The third kappa shape index (κ3) is 1.46. The van der Waals surface area contributed by atoms with Gasteiger partial charge in [-0.15, -0.1) is 0 Å². The molecular weight excluding hydrogens is 188 g/mol. The van der Waals surface area contributed by atoms with Gasteiger partial charge in [0, 0.05) is 0 Å². The quantitative estimate of drug-likeness (QED) is 0.671. The van der Waals surface area contributed by atoms with Crippen molar-refractivity contribution in [3.05, 3.63) is 34.5 Å². The lowest BCUT2D eigenvalue weighted by Gasteiger charge is -2.24. The first-order chi connectivity index (χ1) is 6.65. The summed E-state index contributed by atoms with van der Waals surface area (Å²) in [5.41, 5.74) is 1.78. The third-order valence-corrected chi connectivity index (χ3v) is 3.90. The molecule has 0 fully saturated rings. The molecule has 74 valence electrons. The van der Waals surface area contributed by atoms with Gasteiger partial charge in [-0.25, -0.2) is 0 Å². The zero-order valence-electron chi connectivity index (χ0n) is 9.00. The highest BCUT2D eigenvalue weighted by atomic mass is 32.1. The number of rotatable bonds is 2. The van der Waals surface area contributed by atoms with Crippen LogP contribution in [0.4, 0.5) is 0 Å². The van der Waals surface area contributed by atoms with Crippen molar-refractivity contribution in [1.82, 2.24) is 0 Å². The zero-order valence-corrected chi connectivity index (χ0v) is 9.82. The van der Waals surface area contributed by atoms with Crippen molar-refractivity contribution in [3.8, 4) is 0 Å². The third-order valence-electron chi connectivity index (χ3n) is 3.13. The van der Waals surface area contributed by atoms with Crippen molar-refractivity contribution in [3.63, 3.8) is 0 Å². The molecule has 0 aliphatic carbocycles. The molecule has 1 aromatic carbocycles. The highest BCUT2D eigenvalue weighted by Crippen LogP contribution is 2.34. The molecule has 0 aliphatic rings. The lowest BCUT2D eigenvalue weighted by molar-refractivity contribution is 0.511. The van der Waals surface area contributed by atoms with Crippen LogP contribution in [0.2, 0.25) is 0 Å². The van der Waals surface area contributed by atoms with Crippen LogP contribution in [-0.4, -0.2) is 0 Å². The second kappa shape index (κ2) is 3.39. The summed E-state index contributed by atoms with van der Waals surface area (Å²) in [6, 6.07) is 6.63. The maximum atomic E-state index is 2.32. The van der Waals surface area contributed by atoms with E-state index in [1.807, 2.05) is 0 Å². The van der Waals surface area contributed by atoms with Gasteiger partial charge in [-0.3, -0.25) is 0 Å². The Bertz CT molecular complexity index is 437. The van der Waals surface area contributed by atoms with Gasteiger partial charge in [0.2, 0.25) is 0 Å². The molecule has 0 amide bonds. The van der Waals surface area contributed by atoms with E-state index in [1.165, 1.54) is 22.8 Å². The van der Waals surface area contributed by atoms with Gasteiger partial charge in [0.25, 0.3) is 0 Å². The molecule has 1 aromatic heterocycles. The number of benzene rings is 1. The molecule has 0 radical (unpaired) electrons. The molecule has 0 atom stereocenters. The van der Waals surface area contributed by atoms with E-state index in [0.717, 1.165) is 0 Å². The van der Waals surface area contributed by atoms with Crippen LogP contribution in [0.15, 0.2) is 29.0 Å². The molecule has 0 spiro atoms. The first kappa shape index (κ1) is 9.72. The van der Waals surface area contributed by atoms with Crippen LogP contribution in [0, 0.1) is 0 Å². The summed E-state index contributed by atoms with van der Waals surface area (Å²) in [5.74, 6) is 0. The van der Waals surface area contributed by atoms with Crippen LogP contribution in [0.5, 0.6) is 0 Å². The van der Waals surface area contributed by atoms with Crippen molar-refractivity contribution >= 4 is 22.1 Å². The first-order valence-corrected chi connectivity index (χ1v) is 6.05. The van der Waals surface area contributed by atoms with Crippen LogP contribution >= 0.6 is 11.3 Å². The predicted molar refractivity (Wildman–Crippen MR) is 65.1 cm³/mol. The van der Waals surface area contributed by atoms with Gasteiger partial charge in [-0.2, -0.15) is 11.3 Å². The monoisotopic (exact) mass is 204 g/mol. The Labute approximate surface area is 89.6 Å². The van der Waals surface area contributed by atoms with Crippen LogP contribution < -0.4 is 0 Å². The summed E-state index contributed by atoms with van der Waals surface area (Å²) in [6.45, 7) is 6.89. The van der Waals surface area contributed by atoms with Crippen LogP contribution in [0.25, 0.3) is 10.8 Å². The Morgan fingerprint density at radius 3 is 2.71 bits per heavy atom. The van der Waals surface area contributed by atoms with Crippen molar-refractivity contribution in [2.24, 2.45) is 0 Å². The fraction of sp³-hybridized carbons (Fsp3) is 0.385. The minimum atomic E-state index is 0.292. The van der Waals surface area contributed by atoms with Gasteiger partial charge in [0.05, 0.1) is 0 Å². The summed E-state index contributed by atoms with van der Waals surface area (Å²) < 4.78 is 0. The molecule has 1 heterocycles. The van der Waals surface area contributed by atoms with Gasteiger partial charge < -0.3 is 0 Å². The predicted octanol–water partition coefficient (Wildman–Crippen LogP) is 4.59. The van der Waals surface area contributed by atoms with E-state index in [2.05, 4.69) is 49.7 Å². The number of hydrogen-bond acceptors (Lipinski definition) is 1. The molecular formula is C13H16S. The molecule has 0 aliphatic heterocycles. The first-order valence-electron chi connectivity index (χ1n) is 5.10. The second-order valence-electron chi connectivity index (χ2n) is 4.42. The van der Waals surface area contributed by atoms with E-state index >= 15 is 0 Å². The van der Waals surface area contributed by atoms with Gasteiger partial charge >= 0.3 is 0 Å². The van der Waals surface area contributed by atoms with Crippen LogP contribution in [0.1, 0.15) is 32.8 Å². The fourth-order valence-corrected chi connectivity index (χ4v) is 2.59. The highest BCUT2D eigenvalue weighted by molar-refractivity contribution is 7.09. The molecule has 0 unspecified atom stereocenters. The largest absolute Gasteiger partial charge is 0.151 e. The molecule has 0 saturated carbocycles. The standard InChI is InChI=1S/C13H16S/c1-4-13(2,3)12-7-5-6-10-8-14-9-11(10)12/h5-9H,4H2,1-3H3. The number of fused-ring (bicyclic) bond motifs is 1. The lowest BCUT2D eigenvalue weighted by atomic mass is 9.80. The van der Waals surface area contributed by atoms with Crippen molar-refractivity contribution in [1.29, 1.82) is 0 Å². The maximum absolute atomic E-state index is 2.32. The normalized spacial score (nSPS) is 12.2. The summed E-state index contributed by atoms with van der Waals surface area (Å²) in [5, 5.41) is 7.31. The van der Waals surface area contributed by atoms with Crippen molar-refractivity contribution < 1.29 is 0 Å². The Hall–Kier alpha value is -0.820. The second-order valence-corrected chi connectivity index (χ2v) is 5.16. The summed E-state index contributed by atoms with van der Waals surface area (Å²) >= 11 is 1.79. The van der Waals surface area contributed by atoms with E-state index in [-0.39, 0.29) is 0 Å². The molecule has 0 bridgehead atoms. The molecule has 0 saturated heterocycles.